The highest BCUT2D eigenvalue weighted by Crippen LogP contribution is 2.20. The summed E-state index contributed by atoms with van der Waals surface area (Å²) in [5, 5.41) is 4.17. The third-order valence-electron chi connectivity index (χ3n) is 2.02. The van der Waals surface area contributed by atoms with Crippen molar-refractivity contribution < 1.29 is 4.39 Å². The highest BCUT2D eigenvalue weighted by atomic mass is 19.1. The van der Waals surface area contributed by atoms with Crippen LogP contribution in [0, 0.1) is 0 Å². The fourth-order valence-electron chi connectivity index (χ4n) is 1.09. The first-order valence-corrected chi connectivity index (χ1v) is 4.63. The van der Waals surface area contributed by atoms with Crippen molar-refractivity contribution in [3.63, 3.8) is 0 Å². The molecular formula is C10H17FN2. The molecule has 0 aromatic carbocycles. The molecule has 3 heteroatoms. The summed E-state index contributed by atoms with van der Waals surface area (Å²) in [6.07, 6.45) is 4.40. The van der Waals surface area contributed by atoms with Gasteiger partial charge in [0, 0.05) is 12.7 Å². The van der Waals surface area contributed by atoms with E-state index in [9.17, 15) is 4.39 Å². The number of nitrogens with zero attached hydrogens (tertiary/aromatic N) is 2. The topological polar surface area (TPSA) is 17.8 Å². The zero-order valence-electron chi connectivity index (χ0n) is 8.55. The van der Waals surface area contributed by atoms with Gasteiger partial charge < -0.3 is 0 Å². The minimum absolute atomic E-state index is 0.133. The maximum atomic E-state index is 11.9. The number of aryl methyl sites for hydroxylation is 1. The van der Waals surface area contributed by atoms with Crippen molar-refractivity contribution >= 4 is 0 Å². The molecule has 0 amide bonds. The van der Waals surface area contributed by atoms with Crippen molar-refractivity contribution in [2.75, 3.05) is 6.67 Å². The summed E-state index contributed by atoms with van der Waals surface area (Å²) in [4.78, 5) is 0. The molecule has 0 saturated heterocycles. The minimum Gasteiger partial charge on any atom is -0.272 e. The van der Waals surface area contributed by atoms with Crippen LogP contribution in [0.2, 0.25) is 0 Å². The average Bonchev–Trinajstić information content (AvgIpc) is 2.47. The van der Waals surface area contributed by atoms with Crippen molar-refractivity contribution in [3.05, 3.63) is 18.0 Å². The van der Waals surface area contributed by atoms with Crippen molar-refractivity contribution in [1.82, 2.24) is 9.78 Å². The largest absolute Gasteiger partial charge is 0.272 e. The van der Waals surface area contributed by atoms with E-state index in [-0.39, 0.29) is 12.1 Å². The van der Waals surface area contributed by atoms with Crippen LogP contribution in [0.3, 0.4) is 0 Å². The van der Waals surface area contributed by atoms with E-state index in [1.54, 1.807) is 4.68 Å². The summed E-state index contributed by atoms with van der Waals surface area (Å²) in [6.45, 7) is 6.83. The Hall–Kier alpha value is -0.860. The van der Waals surface area contributed by atoms with E-state index in [0.717, 1.165) is 0 Å². The Morgan fingerprint density at radius 1 is 1.46 bits per heavy atom. The second-order valence-corrected chi connectivity index (χ2v) is 4.28. The van der Waals surface area contributed by atoms with E-state index in [2.05, 4.69) is 25.9 Å². The molecule has 0 aliphatic carbocycles. The number of rotatable bonds is 3. The molecule has 0 saturated carbocycles. The van der Waals surface area contributed by atoms with Crippen LogP contribution < -0.4 is 0 Å². The molecule has 0 atom stereocenters. The molecule has 0 radical (unpaired) electrons. The quantitative estimate of drug-likeness (QED) is 0.706. The third-order valence-corrected chi connectivity index (χ3v) is 2.02. The molecular weight excluding hydrogens is 167 g/mol. The Balaban J connectivity index is 2.64. The number of alkyl halides is 1. The molecule has 2 nitrogen and oxygen atoms in total. The Labute approximate surface area is 78.8 Å². The average molecular weight is 184 g/mol. The van der Waals surface area contributed by atoms with Crippen molar-refractivity contribution in [1.29, 1.82) is 0 Å². The Morgan fingerprint density at radius 3 is 2.62 bits per heavy atom. The van der Waals surface area contributed by atoms with Gasteiger partial charge in [-0.3, -0.25) is 9.07 Å². The maximum absolute atomic E-state index is 11.9. The van der Waals surface area contributed by atoms with Crippen LogP contribution in [0.25, 0.3) is 0 Å². The third kappa shape index (κ3) is 2.83. The van der Waals surface area contributed by atoms with Crippen molar-refractivity contribution in [2.24, 2.45) is 0 Å². The molecule has 0 aliphatic heterocycles. The van der Waals surface area contributed by atoms with Gasteiger partial charge in [-0.1, -0.05) is 20.8 Å². The molecule has 0 spiro atoms. The second kappa shape index (κ2) is 3.90. The van der Waals surface area contributed by atoms with Crippen LogP contribution in [0.4, 0.5) is 4.39 Å². The molecule has 1 aromatic heterocycles. The summed E-state index contributed by atoms with van der Waals surface area (Å²) in [6, 6.07) is 0. The number of hydrogen-bond acceptors (Lipinski definition) is 1. The Morgan fingerprint density at radius 2 is 2.15 bits per heavy atom. The van der Waals surface area contributed by atoms with Gasteiger partial charge in [-0.2, -0.15) is 5.10 Å². The van der Waals surface area contributed by atoms with Crippen LogP contribution >= 0.6 is 0 Å². The van der Waals surface area contributed by atoms with E-state index in [0.29, 0.717) is 13.0 Å². The lowest BCUT2D eigenvalue weighted by Gasteiger charge is -2.14. The standard InChI is InChI=1S/C10H17FN2/c1-10(2,3)9-7-12-13(8-9)6-4-5-11/h7-8H,4-6H2,1-3H3. The van der Waals surface area contributed by atoms with Gasteiger partial charge in [0.1, 0.15) is 0 Å². The first-order valence-electron chi connectivity index (χ1n) is 4.63. The fraction of sp³-hybridized carbons (Fsp3) is 0.700. The van der Waals surface area contributed by atoms with Gasteiger partial charge in [-0.05, 0) is 17.4 Å². The van der Waals surface area contributed by atoms with Gasteiger partial charge in [0.05, 0.1) is 12.9 Å². The van der Waals surface area contributed by atoms with Gasteiger partial charge >= 0.3 is 0 Å². The van der Waals surface area contributed by atoms with E-state index in [1.807, 2.05) is 12.4 Å². The lowest BCUT2D eigenvalue weighted by molar-refractivity contribution is 0.434. The molecule has 1 aromatic rings. The van der Waals surface area contributed by atoms with Crippen molar-refractivity contribution in [2.45, 2.75) is 39.2 Å². The number of halogens is 1. The van der Waals surface area contributed by atoms with E-state index in [1.165, 1.54) is 5.56 Å². The lowest BCUT2D eigenvalue weighted by atomic mass is 9.90. The highest BCUT2D eigenvalue weighted by molar-refractivity contribution is 5.14. The summed E-state index contributed by atoms with van der Waals surface area (Å²) >= 11 is 0. The number of aromatic nitrogens is 2. The normalized spacial score (nSPS) is 12.0. The predicted molar refractivity (Wildman–Crippen MR) is 51.5 cm³/mol. The molecule has 13 heavy (non-hydrogen) atoms. The molecule has 0 aliphatic rings. The fourth-order valence-corrected chi connectivity index (χ4v) is 1.09. The van der Waals surface area contributed by atoms with E-state index >= 15 is 0 Å². The summed E-state index contributed by atoms with van der Waals surface area (Å²) in [7, 11) is 0. The maximum Gasteiger partial charge on any atom is 0.0912 e. The van der Waals surface area contributed by atoms with Crippen LogP contribution in [0.1, 0.15) is 32.8 Å². The monoisotopic (exact) mass is 184 g/mol. The van der Waals surface area contributed by atoms with E-state index < -0.39 is 0 Å². The van der Waals surface area contributed by atoms with Gasteiger partial charge in [0.2, 0.25) is 0 Å². The minimum atomic E-state index is -0.273. The van der Waals surface area contributed by atoms with Crippen LogP contribution in [0.15, 0.2) is 12.4 Å². The zero-order valence-corrected chi connectivity index (χ0v) is 8.55. The molecule has 0 N–H and O–H groups in total. The van der Waals surface area contributed by atoms with Gasteiger partial charge in [-0.15, -0.1) is 0 Å². The first kappa shape index (κ1) is 10.2. The Kier molecular flexibility index (Phi) is 3.07. The molecule has 1 heterocycles. The summed E-state index contributed by atoms with van der Waals surface area (Å²) in [5.41, 5.74) is 1.33. The lowest BCUT2D eigenvalue weighted by Crippen LogP contribution is -2.09. The molecule has 0 fully saturated rings. The molecule has 0 bridgehead atoms. The highest BCUT2D eigenvalue weighted by Gasteiger charge is 2.15. The Bertz CT molecular complexity index is 260. The smallest absolute Gasteiger partial charge is 0.0912 e. The van der Waals surface area contributed by atoms with E-state index in [4.69, 9.17) is 0 Å². The van der Waals surface area contributed by atoms with Crippen LogP contribution in [-0.2, 0) is 12.0 Å². The molecule has 1 rings (SSSR count). The molecule has 74 valence electrons. The predicted octanol–water partition coefficient (Wildman–Crippen LogP) is 2.54. The summed E-state index contributed by atoms with van der Waals surface area (Å²) < 4.78 is 13.7. The second-order valence-electron chi connectivity index (χ2n) is 4.28. The van der Waals surface area contributed by atoms with Gasteiger partial charge in [0.25, 0.3) is 0 Å². The van der Waals surface area contributed by atoms with Gasteiger partial charge in [0.15, 0.2) is 0 Å². The first-order chi connectivity index (χ1) is 6.04. The van der Waals surface area contributed by atoms with Gasteiger partial charge in [-0.25, -0.2) is 0 Å². The van der Waals surface area contributed by atoms with Crippen LogP contribution in [0.5, 0.6) is 0 Å². The zero-order chi connectivity index (χ0) is 9.90. The number of hydrogen-bond donors (Lipinski definition) is 0. The SMILES string of the molecule is CC(C)(C)c1cnn(CCCF)c1. The van der Waals surface area contributed by atoms with Crippen molar-refractivity contribution in [3.8, 4) is 0 Å². The molecule has 0 unspecified atom stereocenters. The summed E-state index contributed by atoms with van der Waals surface area (Å²) in [5.74, 6) is 0. The van der Waals surface area contributed by atoms with Crippen LogP contribution in [-0.4, -0.2) is 16.5 Å².